The van der Waals surface area contributed by atoms with Crippen molar-refractivity contribution >= 4 is 39.9 Å². The van der Waals surface area contributed by atoms with E-state index in [9.17, 15) is 9.59 Å². The zero-order valence-electron chi connectivity index (χ0n) is 16.0. The van der Waals surface area contributed by atoms with Crippen molar-refractivity contribution in [3.8, 4) is 0 Å². The number of fused-ring (bicyclic) bond motifs is 5. The molecule has 2 aromatic rings. The summed E-state index contributed by atoms with van der Waals surface area (Å²) in [5.41, 5.74) is 1.25. The normalized spacial score (nSPS) is 23.9. The highest BCUT2D eigenvalue weighted by atomic mass is 35.5. The Balaban J connectivity index is 0.00000192. The third-order valence-electron chi connectivity index (χ3n) is 6.38. The Morgan fingerprint density at radius 1 is 1.21 bits per heavy atom. The zero-order chi connectivity index (χ0) is 18.4. The van der Waals surface area contributed by atoms with Crippen LogP contribution in [-0.4, -0.2) is 45.5 Å². The highest BCUT2D eigenvalue weighted by Crippen LogP contribution is 2.33. The van der Waals surface area contributed by atoms with Gasteiger partial charge in [0.15, 0.2) is 0 Å². The highest BCUT2D eigenvalue weighted by Gasteiger charge is 2.31. The fourth-order valence-electron chi connectivity index (χ4n) is 4.88. The van der Waals surface area contributed by atoms with Crippen LogP contribution in [0.25, 0.3) is 10.2 Å². The molecule has 152 valence electrons. The minimum Gasteiger partial charge on any atom is -0.341 e. The summed E-state index contributed by atoms with van der Waals surface area (Å²) in [5, 5.41) is 4.42. The Hall–Kier alpha value is -1.44. The van der Waals surface area contributed by atoms with Crippen molar-refractivity contribution in [2.24, 2.45) is 0 Å². The second kappa shape index (κ2) is 8.13. The maximum Gasteiger partial charge on any atom is 0.262 e. The van der Waals surface area contributed by atoms with Crippen molar-refractivity contribution in [2.75, 3.05) is 13.1 Å². The fraction of sp³-hybridized carbons (Fsp3) is 0.650. The van der Waals surface area contributed by atoms with Gasteiger partial charge in [-0.05, 0) is 50.5 Å². The lowest BCUT2D eigenvalue weighted by Crippen LogP contribution is -2.39. The van der Waals surface area contributed by atoms with Crippen LogP contribution in [0.15, 0.2) is 11.1 Å². The lowest BCUT2D eigenvalue weighted by molar-refractivity contribution is -0.131. The maximum atomic E-state index is 13.0. The summed E-state index contributed by atoms with van der Waals surface area (Å²) in [5.74, 6) is 0.156. The molecule has 4 heterocycles. The molecule has 5 rings (SSSR count). The molecule has 0 spiro atoms. The molecule has 8 heteroatoms. The molecule has 2 bridgehead atoms. The van der Waals surface area contributed by atoms with E-state index in [4.69, 9.17) is 0 Å². The number of halogens is 1. The molecule has 0 saturated carbocycles. The Kier molecular flexibility index (Phi) is 5.76. The minimum atomic E-state index is 0. The Bertz CT molecular complexity index is 940. The molecule has 1 N–H and O–H groups in total. The van der Waals surface area contributed by atoms with Crippen LogP contribution in [0.3, 0.4) is 0 Å². The number of aromatic nitrogens is 2. The second-order valence-electron chi connectivity index (χ2n) is 8.15. The number of nitrogens with one attached hydrogen (secondary N) is 1. The first-order chi connectivity index (χ1) is 13.2. The van der Waals surface area contributed by atoms with E-state index in [1.807, 2.05) is 4.90 Å². The van der Waals surface area contributed by atoms with Gasteiger partial charge in [0.25, 0.3) is 5.56 Å². The average Bonchev–Trinajstić information content (AvgIpc) is 3.20. The van der Waals surface area contributed by atoms with E-state index in [1.54, 1.807) is 22.2 Å². The van der Waals surface area contributed by atoms with Crippen molar-refractivity contribution < 1.29 is 4.79 Å². The number of nitrogens with zero attached hydrogens (tertiary/aromatic N) is 3. The molecular formula is C20H27ClN4O2S. The molecule has 0 radical (unpaired) electrons. The third kappa shape index (κ3) is 3.60. The largest absolute Gasteiger partial charge is 0.341 e. The van der Waals surface area contributed by atoms with Crippen LogP contribution >= 0.6 is 23.7 Å². The topological polar surface area (TPSA) is 67.2 Å². The van der Waals surface area contributed by atoms with Crippen molar-refractivity contribution in [2.45, 2.75) is 70.0 Å². The van der Waals surface area contributed by atoms with Crippen molar-refractivity contribution in [1.29, 1.82) is 0 Å². The smallest absolute Gasteiger partial charge is 0.262 e. The second-order valence-corrected chi connectivity index (χ2v) is 9.23. The monoisotopic (exact) mass is 422 g/mol. The summed E-state index contributed by atoms with van der Waals surface area (Å²) in [4.78, 5) is 34.4. The van der Waals surface area contributed by atoms with E-state index < -0.39 is 0 Å². The standard InChI is InChI=1S/C20H26N4O2S.ClH/c25-17(23-9-7-13-5-6-14(11-23)22-13)8-10-24-12-21-19-18(20(24)26)15-3-1-2-4-16(15)27-19;/h12-14,22H,1-11H2;1H. The van der Waals surface area contributed by atoms with E-state index in [-0.39, 0.29) is 23.9 Å². The Labute approximate surface area is 174 Å². The number of aryl methyl sites for hydroxylation is 3. The van der Waals surface area contributed by atoms with Crippen LogP contribution in [0, 0.1) is 0 Å². The summed E-state index contributed by atoms with van der Waals surface area (Å²) < 4.78 is 1.64. The molecule has 2 atom stereocenters. The molecule has 1 amide bonds. The molecule has 6 nitrogen and oxygen atoms in total. The van der Waals surface area contributed by atoms with E-state index in [0.29, 0.717) is 25.0 Å². The molecular weight excluding hydrogens is 396 g/mol. The van der Waals surface area contributed by atoms with E-state index in [0.717, 1.165) is 55.4 Å². The molecule has 1 aliphatic carbocycles. The van der Waals surface area contributed by atoms with Crippen molar-refractivity contribution in [3.63, 3.8) is 0 Å². The van der Waals surface area contributed by atoms with Gasteiger partial charge in [0.05, 0.1) is 11.7 Å². The van der Waals surface area contributed by atoms with E-state index in [1.165, 1.54) is 23.3 Å². The predicted octanol–water partition coefficient (Wildman–Crippen LogP) is 2.50. The number of hydrogen-bond acceptors (Lipinski definition) is 5. The van der Waals surface area contributed by atoms with Gasteiger partial charge < -0.3 is 10.2 Å². The lowest BCUT2D eigenvalue weighted by atomic mass is 9.97. The molecule has 3 aliphatic rings. The van der Waals surface area contributed by atoms with Crippen LogP contribution in [-0.2, 0) is 24.2 Å². The van der Waals surface area contributed by atoms with Gasteiger partial charge in [0.1, 0.15) is 4.83 Å². The van der Waals surface area contributed by atoms with E-state index >= 15 is 0 Å². The van der Waals surface area contributed by atoms with Crippen molar-refractivity contribution in [1.82, 2.24) is 19.8 Å². The lowest BCUT2D eigenvalue weighted by Gasteiger charge is -2.24. The SMILES string of the molecule is Cl.O=C(CCn1cnc2sc3c(c2c1=O)CCCC3)N1CCC2CCC(C1)N2. The van der Waals surface area contributed by atoms with Crippen LogP contribution < -0.4 is 10.9 Å². The van der Waals surface area contributed by atoms with Gasteiger partial charge in [-0.25, -0.2) is 4.98 Å². The number of thiophene rings is 1. The maximum absolute atomic E-state index is 13.0. The molecule has 28 heavy (non-hydrogen) atoms. The Morgan fingerprint density at radius 2 is 2.04 bits per heavy atom. The van der Waals surface area contributed by atoms with Crippen LogP contribution in [0.4, 0.5) is 0 Å². The van der Waals surface area contributed by atoms with Crippen molar-refractivity contribution in [3.05, 3.63) is 27.1 Å². The number of hydrogen-bond donors (Lipinski definition) is 1. The summed E-state index contributed by atoms with van der Waals surface area (Å²) in [7, 11) is 0. The first-order valence-electron chi connectivity index (χ1n) is 10.2. The number of likely N-dealkylation sites (tertiary alicyclic amines) is 1. The predicted molar refractivity (Wildman–Crippen MR) is 114 cm³/mol. The summed E-state index contributed by atoms with van der Waals surface area (Å²) in [6.45, 7) is 2.06. The summed E-state index contributed by atoms with van der Waals surface area (Å²) >= 11 is 1.67. The van der Waals surface area contributed by atoms with E-state index in [2.05, 4.69) is 10.3 Å². The van der Waals surface area contributed by atoms with Gasteiger partial charge in [-0.2, -0.15) is 0 Å². The molecule has 2 unspecified atom stereocenters. The fourth-order valence-corrected chi connectivity index (χ4v) is 6.10. The van der Waals surface area contributed by atoms with Gasteiger partial charge >= 0.3 is 0 Å². The number of carbonyl (C=O) groups excluding carboxylic acids is 1. The molecule has 2 fully saturated rings. The first-order valence-corrected chi connectivity index (χ1v) is 11.0. The molecule has 0 aromatic carbocycles. The van der Waals surface area contributed by atoms with Gasteiger partial charge in [-0.1, -0.05) is 0 Å². The first kappa shape index (κ1) is 19.9. The van der Waals surface area contributed by atoms with Crippen LogP contribution in [0.1, 0.15) is 49.0 Å². The summed E-state index contributed by atoms with van der Waals surface area (Å²) in [6.07, 6.45) is 9.85. The molecule has 2 saturated heterocycles. The summed E-state index contributed by atoms with van der Waals surface area (Å²) in [6, 6.07) is 1.02. The number of rotatable bonds is 3. The van der Waals surface area contributed by atoms with Gasteiger partial charge in [-0.15, -0.1) is 23.7 Å². The number of amides is 1. The van der Waals surface area contributed by atoms with Crippen LogP contribution in [0.5, 0.6) is 0 Å². The third-order valence-corrected chi connectivity index (χ3v) is 7.58. The molecule has 2 aromatic heterocycles. The average molecular weight is 423 g/mol. The highest BCUT2D eigenvalue weighted by molar-refractivity contribution is 7.18. The zero-order valence-corrected chi connectivity index (χ0v) is 17.6. The van der Waals surface area contributed by atoms with Gasteiger partial charge in [0.2, 0.25) is 5.91 Å². The minimum absolute atomic E-state index is 0. The quantitative estimate of drug-likeness (QED) is 0.825. The number of carbonyl (C=O) groups is 1. The molecule has 2 aliphatic heterocycles. The van der Waals surface area contributed by atoms with Gasteiger partial charge in [0, 0.05) is 43.0 Å². The van der Waals surface area contributed by atoms with Gasteiger partial charge in [-0.3, -0.25) is 14.2 Å². The Morgan fingerprint density at radius 3 is 2.93 bits per heavy atom. The van der Waals surface area contributed by atoms with Crippen LogP contribution in [0.2, 0.25) is 0 Å².